The zero-order valence-electron chi connectivity index (χ0n) is 9.67. The predicted molar refractivity (Wildman–Crippen MR) is 65.3 cm³/mol. The highest BCUT2D eigenvalue weighted by atomic mass is 16.5. The molecule has 0 saturated carbocycles. The Bertz CT molecular complexity index is 289. The van der Waals surface area contributed by atoms with Gasteiger partial charge in [-0.3, -0.25) is 19.4 Å². The number of carbonyl (C=O) groups excluding carboxylic acids is 2. The standard InChI is InChI=1S/C12H16N2O3/c1-5-13(6-2)11(15)9-17-10-12(16)14(7-3)8-4/h5-8H,1-4,9-10H2. The molecule has 0 N–H and O–H groups in total. The van der Waals surface area contributed by atoms with E-state index >= 15 is 0 Å². The van der Waals surface area contributed by atoms with Crippen LogP contribution in [-0.4, -0.2) is 34.8 Å². The zero-order valence-corrected chi connectivity index (χ0v) is 9.67. The van der Waals surface area contributed by atoms with Crippen molar-refractivity contribution >= 4 is 11.8 Å². The van der Waals surface area contributed by atoms with E-state index in [2.05, 4.69) is 26.3 Å². The number of carbonyl (C=O) groups is 2. The molecule has 0 aromatic carbocycles. The molecule has 0 atom stereocenters. The lowest BCUT2D eigenvalue weighted by atomic mass is 10.5. The minimum absolute atomic E-state index is 0.230. The quantitative estimate of drug-likeness (QED) is 0.637. The molecule has 0 aliphatic carbocycles. The lowest BCUT2D eigenvalue weighted by Crippen LogP contribution is -2.29. The summed E-state index contributed by atoms with van der Waals surface area (Å²) in [7, 11) is 0. The lowest BCUT2D eigenvalue weighted by Gasteiger charge is -2.14. The van der Waals surface area contributed by atoms with Crippen molar-refractivity contribution in [2.75, 3.05) is 13.2 Å². The van der Waals surface area contributed by atoms with Crippen molar-refractivity contribution in [2.24, 2.45) is 0 Å². The molecule has 0 fully saturated rings. The van der Waals surface area contributed by atoms with Crippen LogP contribution in [0.25, 0.3) is 0 Å². The molecule has 0 heterocycles. The number of amides is 2. The lowest BCUT2D eigenvalue weighted by molar-refractivity contribution is -0.136. The van der Waals surface area contributed by atoms with Crippen LogP contribution in [0.4, 0.5) is 0 Å². The molecule has 2 amide bonds. The van der Waals surface area contributed by atoms with E-state index in [1.807, 2.05) is 0 Å². The van der Waals surface area contributed by atoms with Gasteiger partial charge in [0.15, 0.2) is 0 Å². The minimum Gasteiger partial charge on any atom is -0.362 e. The van der Waals surface area contributed by atoms with Gasteiger partial charge in [0.2, 0.25) is 0 Å². The Morgan fingerprint density at radius 2 is 1.12 bits per heavy atom. The van der Waals surface area contributed by atoms with Crippen molar-refractivity contribution < 1.29 is 14.3 Å². The van der Waals surface area contributed by atoms with Gasteiger partial charge in [0.1, 0.15) is 13.2 Å². The molecule has 5 nitrogen and oxygen atoms in total. The van der Waals surface area contributed by atoms with Gasteiger partial charge in [0.05, 0.1) is 0 Å². The third kappa shape index (κ3) is 4.94. The van der Waals surface area contributed by atoms with Crippen LogP contribution in [0.15, 0.2) is 51.1 Å². The molecule has 5 heteroatoms. The Morgan fingerprint density at radius 1 is 0.824 bits per heavy atom. The van der Waals surface area contributed by atoms with Crippen molar-refractivity contribution in [2.45, 2.75) is 0 Å². The van der Waals surface area contributed by atoms with E-state index in [0.717, 1.165) is 0 Å². The highest BCUT2D eigenvalue weighted by molar-refractivity contribution is 5.81. The predicted octanol–water partition coefficient (Wildman–Crippen LogP) is 1.23. The monoisotopic (exact) mass is 236 g/mol. The number of rotatable bonds is 8. The Kier molecular flexibility index (Phi) is 7.05. The summed E-state index contributed by atoms with van der Waals surface area (Å²) in [6.45, 7) is 13.2. The van der Waals surface area contributed by atoms with E-state index in [-0.39, 0.29) is 25.0 Å². The van der Waals surface area contributed by atoms with Crippen LogP contribution in [0.5, 0.6) is 0 Å². The summed E-state index contributed by atoms with van der Waals surface area (Å²) in [6.07, 6.45) is 5.22. The fourth-order valence-electron chi connectivity index (χ4n) is 0.931. The molecular weight excluding hydrogens is 220 g/mol. The molecule has 0 saturated heterocycles. The number of nitrogens with zero attached hydrogens (tertiary/aromatic N) is 2. The maximum atomic E-state index is 11.4. The Balaban J connectivity index is 4.07. The molecule has 0 rings (SSSR count). The fraction of sp³-hybridized carbons (Fsp3) is 0.167. The molecule has 0 aromatic rings. The third-order valence-corrected chi connectivity index (χ3v) is 1.81. The van der Waals surface area contributed by atoms with E-state index in [1.54, 1.807) is 0 Å². The second-order valence-electron chi connectivity index (χ2n) is 2.83. The van der Waals surface area contributed by atoms with Gasteiger partial charge in [-0.2, -0.15) is 0 Å². The van der Waals surface area contributed by atoms with Crippen LogP contribution in [0.3, 0.4) is 0 Å². The molecule has 0 aliphatic rings. The molecule has 0 aromatic heterocycles. The van der Waals surface area contributed by atoms with Gasteiger partial charge in [-0.05, 0) is 0 Å². The molecule has 0 spiro atoms. The van der Waals surface area contributed by atoms with Gasteiger partial charge in [0, 0.05) is 24.8 Å². The van der Waals surface area contributed by atoms with Gasteiger partial charge in [-0.25, -0.2) is 0 Å². The topological polar surface area (TPSA) is 49.9 Å². The Labute approximate surface area is 101 Å². The first-order chi connectivity index (χ1) is 8.10. The molecule has 17 heavy (non-hydrogen) atoms. The van der Waals surface area contributed by atoms with E-state index in [9.17, 15) is 9.59 Å². The van der Waals surface area contributed by atoms with E-state index in [1.165, 1.54) is 34.6 Å². The second kappa shape index (κ2) is 8.06. The SMILES string of the molecule is C=CN(C=C)C(=O)COCC(=O)N(C=C)C=C. The average Bonchev–Trinajstić information content (AvgIpc) is 2.32. The molecule has 0 aliphatic heterocycles. The van der Waals surface area contributed by atoms with Gasteiger partial charge in [-0.15, -0.1) is 0 Å². The fourth-order valence-corrected chi connectivity index (χ4v) is 0.931. The minimum atomic E-state index is -0.355. The Morgan fingerprint density at radius 3 is 1.35 bits per heavy atom. The van der Waals surface area contributed by atoms with Gasteiger partial charge in [-0.1, -0.05) is 26.3 Å². The molecule has 0 bridgehead atoms. The van der Waals surface area contributed by atoms with Crippen LogP contribution in [-0.2, 0) is 14.3 Å². The normalized spacial score (nSPS) is 8.94. The van der Waals surface area contributed by atoms with Crippen molar-refractivity contribution in [1.82, 2.24) is 9.80 Å². The summed E-state index contributed by atoms with van der Waals surface area (Å²) in [6, 6.07) is 0. The third-order valence-electron chi connectivity index (χ3n) is 1.81. The van der Waals surface area contributed by atoms with Crippen LogP contribution in [0.1, 0.15) is 0 Å². The summed E-state index contributed by atoms with van der Waals surface area (Å²) in [5.41, 5.74) is 0. The summed E-state index contributed by atoms with van der Waals surface area (Å²) < 4.78 is 4.95. The van der Waals surface area contributed by atoms with Crippen LogP contribution in [0, 0.1) is 0 Å². The zero-order chi connectivity index (χ0) is 13.3. The summed E-state index contributed by atoms with van der Waals surface area (Å²) in [5.74, 6) is -0.710. The van der Waals surface area contributed by atoms with Crippen molar-refractivity contribution in [3.63, 3.8) is 0 Å². The van der Waals surface area contributed by atoms with Crippen LogP contribution >= 0.6 is 0 Å². The largest absolute Gasteiger partial charge is 0.362 e. The highest BCUT2D eigenvalue weighted by Crippen LogP contribution is 1.94. The van der Waals surface area contributed by atoms with E-state index in [0.29, 0.717) is 0 Å². The van der Waals surface area contributed by atoms with Gasteiger partial charge >= 0.3 is 0 Å². The maximum absolute atomic E-state index is 11.4. The van der Waals surface area contributed by atoms with Crippen molar-refractivity contribution in [3.05, 3.63) is 51.1 Å². The molecule has 92 valence electrons. The summed E-state index contributed by atoms with van der Waals surface area (Å²) >= 11 is 0. The van der Waals surface area contributed by atoms with Crippen molar-refractivity contribution in [3.8, 4) is 0 Å². The molecule has 0 radical (unpaired) electrons. The first-order valence-corrected chi connectivity index (χ1v) is 4.81. The van der Waals surface area contributed by atoms with Crippen LogP contribution < -0.4 is 0 Å². The number of ether oxygens (including phenoxy) is 1. The highest BCUT2D eigenvalue weighted by Gasteiger charge is 2.10. The van der Waals surface area contributed by atoms with Gasteiger partial charge in [0.25, 0.3) is 11.8 Å². The molecule has 0 unspecified atom stereocenters. The van der Waals surface area contributed by atoms with E-state index in [4.69, 9.17) is 4.74 Å². The first-order valence-electron chi connectivity index (χ1n) is 4.81. The summed E-state index contributed by atoms with van der Waals surface area (Å²) in [5, 5.41) is 0. The van der Waals surface area contributed by atoms with Crippen molar-refractivity contribution in [1.29, 1.82) is 0 Å². The van der Waals surface area contributed by atoms with E-state index < -0.39 is 0 Å². The second-order valence-corrected chi connectivity index (χ2v) is 2.83. The number of hydrogen-bond acceptors (Lipinski definition) is 3. The molecular formula is C12H16N2O3. The maximum Gasteiger partial charge on any atom is 0.256 e. The first kappa shape index (κ1) is 14.9. The van der Waals surface area contributed by atoms with Crippen LogP contribution in [0.2, 0.25) is 0 Å². The smallest absolute Gasteiger partial charge is 0.256 e. The number of hydrogen-bond donors (Lipinski definition) is 0. The van der Waals surface area contributed by atoms with Gasteiger partial charge < -0.3 is 4.74 Å². The summed E-state index contributed by atoms with van der Waals surface area (Å²) in [4.78, 5) is 25.1. The average molecular weight is 236 g/mol. The Hall–Kier alpha value is -2.14.